The van der Waals surface area contributed by atoms with Crippen molar-refractivity contribution in [2.24, 2.45) is 0 Å². The van der Waals surface area contributed by atoms with Crippen LogP contribution in [-0.4, -0.2) is 25.3 Å². The molecule has 0 aliphatic carbocycles. The van der Waals surface area contributed by atoms with Crippen LogP contribution in [0.4, 0.5) is 4.39 Å². The van der Waals surface area contributed by atoms with E-state index in [1.165, 1.54) is 17.7 Å². The molecule has 3 heteroatoms. The van der Waals surface area contributed by atoms with Gasteiger partial charge in [0.15, 0.2) is 0 Å². The van der Waals surface area contributed by atoms with E-state index in [1.807, 2.05) is 12.1 Å². The van der Waals surface area contributed by atoms with Crippen molar-refractivity contribution in [3.8, 4) is 0 Å². The zero-order chi connectivity index (χ0) is 11.4. The monoisotopic (exact) mass is 223 g/mol. The summed E-state index contributed by atoms with van der Waals surface area (Å²) in [6, 6.07) is 7.59. The van der Waals surface area contributed by atoms with Crippen LogP contribution in [0.2, 0.25) is 0 Å². The fourth-order valence-electron chi connectivity index (χ4n) is 2.04. The molecular formula is C13H18FNO. The SMILES string of the molecule is CC1COCC(CCc2ccc(F)cc2)N1. The van der Waals surface area contributed by atoms with Gasteiger partial charge in [-0.2, -0.15) is 0 Å². The molecule has 1 N–H and O–H groups in total. The summed E-state index contributed by atoms with van der Waals surface area (Å²) in [7, 11) is 0. The molecule has 0 radical (unpaired) electrons. The molecule has 0 saturated carbocycles. The lowest BCUT2D eigenvalue weighted by atomic mass is 10.0. The summed E-state index contributed by atoms with van der Waals surface area (Å²) in [5, 5.41) is 3.50. The van der Waals surface area contributed by atoms with Crippen molar-refractivity contribution in [1.29, 1.82) is 0 Å². The van der Waals surface area contributed by atoms with E-state index in [9.17, 15) is 4.39 Å². The molecule has 16 heavy (non-hydrogen) atoms. The molecular weight excluding hydrogens is 205 g/mol. The molecule has 0 aromatic heterocycles. The topological polar surface area (TPSA) is 21.3 Å². The quantitative estimate of drug-likeness (QED) is 0.847. The van der Waals surface area contributed by atoms with Gasteiger partial charge in [0, 0.05) is 12.1 Å². The Morgan fingerprint density at radius 3 is 2.75 bits per heavy atom. The molecule has 0 bridgehead atoms. The van der Waals surface area contributed by atoms with Gasteiger partial charge in [-0.1, -0.05) is 12.1 Å². The van der Waals surface area contributed by atoms with E-state index in [0.29, 0.717) is 12.1 Å². The van der Waals surface area contributed by atoms with Crippen LogP contribution in [0, 0.1) is 5.82 Å². The van der Waals surface area contributed by atoms with E-state index in [4.69, 9.17) is 4.74 Å². The first-order valence-corrected chi connectivity index (χ1v) is 5.82. The minimum absolute atomic E-state index is 0.170. The van der Waals surface area contributed by atoms with Gasteiger partial charge >= 0.3 is 0 Å². The fourth-order valence-corrected chi connectivity index (χ4v) is 2.04. The second-order valence-electron chi connectivity index (χ2n) is 4.47. The predicted molar refractivity (Wildman–Crippen MR) is 61.9 cm³/mol. The molecule has 1 heterocycles. The zero-order valence-corrected chi connectivity index (χ0v) is 9.58. The van der Waals surface area contributed by atoms with E-state index in [1.54, 1.807) is 0 Å². The van der Waals surface area contributed by atoms with Gasteiger partial charge in [0.05, 0.1) is 13.2 Å². The van der Waals surface area contributed by atoms with Crippen LogP contribution in [-0.2, 0) is 11.2 Å². The van der Waals surface area contributed by atoms with Crippen LogP contribution >= 0.6 is 0 Å². The largest absolute Gasteiger partial charge is 0.378 e. The zero-order valence-electron chi connectivity index (χ0n) is 9.58. The van der Waals surface area contributed by atoms with E-state index in [2.05, 4.69) is 12.2 Å². The van der Waals surface area contributed by atoms with E-state index >= 15 is 0 Å². The molecule has 1 aromatic carbocycles. The average Bonchev–Trinajstić information content (AvgIpc) is 2.28. The summed E-state index contributed by atoms with van der Waals surface area (Å²) in [5.74, 6) is -0.170. The van der Waals surface area contributed by atoms with Gasteiger partial charge in [-0.25, -0.2) is 4.39 Å². The van der Waals surface area contributed by atoms with Gasteiger partial charge in [-0.15, -0.1) is 0 Å². The molecule has 1 aliphatic rings. The Bertz CT molecular complexity index is 325. The first kappa shape index (κ1) is 11.6. The molecule has 88 valence electrons. The number of benzene rings is 1. The van der Waals surface area contributed by atoms with E-state index < -0.39 is 0 Å². The number of halogens is 1. The highest BCUT2D eigenvalue weighted by Crippen LogP contribution is 2.10. The van der Waals surface area contributed by atoms with Crippen LogP contribution in [0.15, 0.2) is 24.3 Å². The highest BCUT2D eigenvalue weighted by atomic mass is 19.1. The highest BCUT2D eigenvalue weighted by molar-refractivity contribution is 5.16. The molecule has 0 spiro atoms. The number of nitrogens with one attached hydrogen (secondary N) is 1. The van der Waals surface area contributed by atoms with Gasteiger partial charge < -0.3 is 10.1 Å². The smallest absolute Gasteiger partial charge is 0.123 e. The van der Waals surface area contributed by atoms with Crippen LogP contribution in [0.1, 0.15) is 18.9 Å². The minimum atomic E-state index is -0.170. The molecule has 1 saturated heterocycles. The number of hydrogen-bond donors (Lipinski definition) is 1. The lowest BCUT2D eigenvalue weighted by Gasteiger charge is -2.28. The maximum absolute atomic E-state index is 12.7. The molecule has 1 aliphatic heterocycles. The lowest BCUT2D eigenvalue weighted by molar-refractivity contribution is 0.0483. The van der Waals surface area contributed by atoms with Crippen LogP contribution in [0.3, 0.4) is 0 Å². The Labute approximate surface area is 95.8 Å². The minimum Gasteiger partial charge on any atom is -0.378 e. The second kappa shape index (κ2) is 5.41. The number of ether oxygens (including phenoxy) is 1. The number of morpholine rings is 1. The molecule has 2 nitrogen and oxygen atoms in total. The summed E-state index contributed by atoms with van der Waals surface area (Å²) < 4.78 is 18.2. The van der Waals surface area contributed by atoms with Crippen molar-refractivity contribution >= 4 is 0 Å². The third-order valence-electron chi connectivity index (χ3n) is 2.90. The van der Waals surface area contributed by atoms with Crippen molar-refractivity contribution in [2.45, 2.75) is 31.8 Å². The summed E-state index contributed by atoms with van der Waals surface area (Å²) in [6.07, 6.45) is 2.00. The molecule has 2 unspecified atom stereocenters. The standard InChI is InChI=1S/C13H18FNO/c1-10-8-16-9-13(15-10)7-4-11-2-5-12(14)6-3-11/h2-3,5-6,10,13,15H,4,7-9H2,1H3. The third kappa shape index (κ3) is 3.29. The highest BCUT2D eigenvalue weighted by Gasteiger charge is 2.17. The second-order valence-corrected chi connectivity index (χ2v) is 4.47. The van der Waals surface area contributed by atoms with Gasteiger partial charge in [0.25, 0.3) is 0 Å². The van der Waals surface area contributed by atoms with E-state index in [0.717, 1.165) is 26.1 Å². The van der Waals surface area contributed by atoms with Crippen LogP contribution < -0.4 is 5.32 Å². The van der Waals surface area contributed by atoms with E-state index in [-0.39, 0.29) is 5.82 Å². The maximum Gasteiger partial charge on any atom is 0.123 e. The number of rotatable bonds is 3. The first-order chi connectivity index (χ1) is 7.74. The lowest BCUT2D eigenvalue weighted by Crippen LogP contribution is -2.47. The Balaban J connectivity index is 1.80. The van der Waals surface area contributed by atoms with Gasteiger partial charge in [-0.05, 0) is 37.5 Å². The number of aryl methyl sites for hydroxylation is 1. The molecule has 1 aromatic rings. The maximum atomic E-state index is 12.7. The fraction of sp³-hybridized carbons (Fsp3) is 0.538. The number of hydrogen-bond acceptors (Lipinski definition) is 2. The van der Waals surface area contributed by atoms with Gasteiger partial charge in [0.1, 0.15) is 5.82 Å². The summed E-state index contributed by atoms with van der Waals surface area (Å²) in [6.45, 7) is 3.71. The predicted octanol–water partition coefficient (Wildman–Crippen LogP) is 2.14. The van der Waals surface area contributed by atoms with Crippen molar-refractivity contribution in [2.75, 3.05) is 13.2 Å². The first-order valence-electron chi connectivity index (χ1n) is 5.82. The Hall–Kier alpha value is -0.930. The summed E-state index contributed by atoms with van der Waals surface area (Å²) >= 11 is 0. The Morgan fingerprint density at radius 1 is 1.31 bits per heavy atom. The molecule has 2 rings (SSSR count). The van der Waals surface area contributed by atoms with Crippen molar-refractivity contribution in [1.82, 2.24) is 5.32 Å². The van der Waals surface area contributed by atoms with Crippen molar-refractivity contribution in [3.05, 3.63) is 35.6 Å². The van der Waals surface area contributed by atoms with Gasteiger partial charge in [0.2, 0.25) is 0 Å². The van der Waals surface area contributed by atoms with Gasteiger partial charge in [-0.3, -0.25) is 0 Å². The van der Waals surface area contributed by atoms with Crippen LogP contribution in [0.5, 0.6) is 0 Å². The summed E-state index contributed by atoms with van der Waals surface area (Å²) in [5.41, 5.74) is 1.18. The molecule has 1 fully saturated rings. The Morgan fingerprint density at radius 2 is 2.06 bits per heavy atom. The molecule has 2 atom stereocenters. The Kier molecular flexibility index (Phi) is 3.91. The van der Waals surface area contributed by atoms with Crippen molar-refractivity contribution in [3.63, 3.8) is 0 Å². The molecule has 0 amide bonds. The third-order valence-corrected chi connectivity index (χ3v) is 2.90. The van der Waals surface area contributed by atoms with Crippen LogP contribution in [0.25, 0.3) is 0 Å². The van der Waals surface area contributed by atoms with Crippen molar-refractivity contribution < 1.29 is 9.13 Å². The average molecular weight is 223 g/mol. The summed E-state index contributed by atoms with van der Waals surface area (Å²) in [4.78, 5) is 0. The normalized spacial score (nSPS) is 25.6.